The van der Waals surface area contributed by atoms with E-state index in [0.717, 1.165) is 12.8 Å². The second-order valence-electron chi connectivity index (χ2n) is 5.01. The summed E-state index contributed by atoms with van der Waals surface area (Å²) in [6.07, 6.45) is 5.31. The second kappa shape index (κ2) is 6.80. The Kier molecular flexibility index (Phi) is 4.39. The smallest absolute Gasteiger partial charge is 0.263 e. The van der Waals surface area contributed by atoms with Gasteiger partial charge in [0.1, 0.15) is 5.69 Å². The number of rotatable bonds is 6. The molecule has 0 bridgehead atoms. The third-order valence-corrected chi connectivity index (χ3v) is 3.37. The molecule has 2 heterocycles. The van der Waals surface area contributed by atoms with Gasteiger partial charge in [-0.1, -0.05) is 36.4 Å². The van der Waals surface area contributed by atoms with Gasteiger partial charge in [0.2, 0.25) is 5.78 Å². The van der Waals surface area contributed by atoms with Gasteiger partial charge in [0.15, 0.2) is 5.76 Å². The lowest BCUT2D eigenvalue weighted by molar-refractivity contribution is 0.0947. The lowest BCUT2D eigenvalue weighted by atomic mass is 10.1. The highest BCUT2D eigenvalue weighted by Crippen LogP contribution is 2.18. The number of benzene rings is 1. The number of hydrogen-bond donors (Lipinski definition) is 0. The third kappa shape index (κ3) is 3.47. The van der Waals surface area contributed by atoms with E-state index >= 15 is 0 Å². The van der Waals surface area contributed by atoms with E-state index in [1.54, 1.807) is 12.4 Å². The second-order valence-corrected chi connectivity index (χ2v) is 5.01. The number of aromatic nitrogens is 2. The van der Waals surface area contributed by atoms with Crippen molar-refractivity contribution in [2.45, 2.75) is 19.3 Å². The van der Waals surface area contributed by atoms with Gasteiger partial charge in [-0.05, 0) is 30.5 Å². The van der Waals surface area contributed by atoms with Gasteiger partial charge in [-0.15, -0.1) is 0 Å². The summed E-state index contributed by atoms with van der Waals surface area (Å²) in [5.41, 5.74) is 1.91. The fourth-order valence-electron chi connectivity index (χ4n) is 2.23. The number of hydrogen-bond acceptors (Lipinski definition) is 4. The van der Waals surface area contributed by atoms with E-state index in [1.807, 2.05) is 36.4 Å². The van der Waals surface area contributed by atoms with Gasteiger partial charge in [0.25, 0.3) is 5.89 Å². The van der Waals surface area contributed by atoms with E-state index in [2.05, 4.69) is 22.1 Å². The molecule has 0 saturated carbocycles. The highest BCUT2D eigenvalue weighted by atomic mass is 16.4. The Labute approximate surface area is 128 Å². The molecule has 0 atom stereocenters. The minimum absolute atomic E-state index is 0.0712. The molecule has 2 aromatic heterocycles. The van der Waals surface area contributed by atoms with Crippen LogP contribution in [0.25, 0.3) is 11.5 Å². The molecule has 0 N–H and O–H groups in total. The van der Waals surface area contributed by atoms with Gasteiger partial charge >= 0.3 is 0 Å². The molecule has 0 unspecified atom stereocenters. The Balaban J connectivity index is 1.58. The average molecular weight is 292 g/mol. The van der Waals surface area contributed by atoms with Gasteiger partial charge < -0.3 is 4.42 Å². The minimum atomic E-state index is -0.0712. The molecule has 22 heavy (non-hydrogen) atoms. The third-order valence-electron chi connectivity index (χ3n) is 3.37. The van der Waals surface area contributed by atoms with E-state index in [-0.39, 0.29) is 11.7 Å². The predicted molar refractivity (Wildman–Crippen MR) is 83.4 cm³/mol. The van der Waals surface area contributed by atoms with E-state index in [0.29, 0.717) is 17.9 Å². The molecule has 0 spiro atoms. The van der Waals surface area contributed by atoms with Crippen LogP contribution in [0.15, 0.2) is 65.3 Å². The lowest BCUT2D eigenvalue weighted by Gasteiger charge is -1.99. The number of ketones is 1. The van der Waals surface area contributed by atoms with Crippen molar-refractivity contribution in [2.24, 2.45) is 0 Å². The van der Waals surface area contributed by atoms with Crippen molar-refractivity contribution in [1.82, 2.24) is 9.97 Å². The number of carbonyl (C=O) groups is 1. The molecule has 1 aromatic carbocycles. The molecule has 4 nitrogen and oxygen atoms in total. The zero-order valence-electron chi connectivity index (χ0n) is 12.1. The SMILES string of the molecule is O=C(CCCc1ccccc1)c1ncc(-c2ccccn2)o1. The molecule has 0 aliphatic rings. The standard InChI is InChI=1S/C18H16N2O2/c21-16(11-6-9-14-7-2-1-3-8-14)18-20-13-17(22-18)15-10-4-5-12-19-15/h1-5,7-8,10,12-13H,6,9,11H2. The van der Waals surface area contributed by atoms with Crippen molar-refractivity contribution >= 4 is 5.78 Å². The predicted octanol–water partition coefficient (Wildman–Crippen LogP) is 3.94. The first kappa shape index (κ1) is 14.2. The zero-order chi connectivity index (χ0) is 15.2. The number of pyridine rings is 1. The van der Waals surface area contributed by atoms with Gasteiger partial charge in [0, 0.05) is 12.6 Å². The molecule has 0 saturated heterocycles. The Morgan fingerprint density at radius 1 is 1.00 bits per heavy atom. The largest absolute Gasteiger partial charge is 0.432 e. The van der Waals surface area contributed by atoms with Crippen LogP contribution in [0.3, 0.4) is 0 Å². The molecule has 0 amide bonds. The van der Waals surface area contributed by atoms with Crippen LogP contribution >= 0.6 is 0 Å². The Morgan fingerprint density at radius 2 is 1.82 bits per heavy atom. The highest BCUT2D eigenvalue weighted by Gasteiger charge is 2.14. The summed E-state index contributed by atoms with van der Waals surface area (Å²) in [5, 5.41) is 0. The summed E-state index contributed by atoms with van der Waals surface area (Å²) < 4.78 is 5.51. The summed E-state index contributed by atoms with van der Waals surface area (Å²) in [6, 6.07) is 15.6. The van der Waals surface area contributed by atoms with E-state index in [9.17, 15) is 4.79 Å². The topological polar surface area (TPSA) is 56.0 Å². The normalized spacial score (nSPS) is 10.5. The monoisotopic (exact) mass is 292 g/mol. The van der Waals surface area contributed by atoms with Gasteiger partial charge in [-0.25, -0.2) is 4.98 Å². The highest BCUT2D eigenvalue weighted by molar-refractivity contribution is 5.91. The molecule has 3 aromatic rings. The maximum Gasteiger partial charge on any atom is 0.263 e. The lowest BCUT2D eigenvalue weighted by Crippen LogP contribution is -2.00. The van der Waals surface area contributed by atoms with E-state index in [4.69, 9.17) is 4.42 Å². The summed E-state index contributed by atoms with van der Waals surface area (Å²) in [4.78, 5) is 20.3. The number of nitrogens with zero attached hydrogens (tertiary/aromatic N) is 2. The first-order valence-corrected chi connectivity index (χ1v) is 7.27. The molecule has 0 fully saturated rings. The van der Waals surface area contributed by atoms with Crippen LogP contribution in [-0.2, 0) is 6.42 Å². The van der Waals surface area contributed by atoms with Crippen molar-refractivity contribution in [3.05, 3.63) is 72.4 Å². The molecule has 0 aliphatic carbocycles. The Morgan fingerprint density at radius 3 is 2.59 bits per heavy atom. The summed E-state index contributed by atoms with van der Waals surface area (Å²) in [7, 11) is 0. The zero-order valence-corrected chi connectivity index (χ0v) is 12.1. The molecule has 0 aliphatic heterocycles. The van der Waals surface area contributed by atoms with Gasteiger partial charge in [-0.3, -0.25) is 9.78 Å². The van der Waals surface area contributed by atoms with Crippen molar-refractivity contribution in [3.8, 4) is 11.5 Å². The molecule has 3 rings (SSSR count). The molecule has 4 heteroatoms. The maximum atomic E-state index is 12.1. The fourth-order valence-corrected chi connectivity index (χ4v) is 2.23. The Hall–Kier alpha value is -2.75. The van der Waals surface area contributed by atoms with Crippen LogP contribution in [0.2, 0.25) is 0 Å². The van der Waals surface area contributed by atoms with Crippen LogP contribution < -0.4 is 0 Å². The fraction of sp³-hybridized carbons (Fsp3) is 0.167. The van der Waals surface area contributed by atoms with Crippen molar-refractivity contribution in [2.75, 3.05) is 0 Å². The van der Waals surface area contributed by atoms with Crippen molar-refractivity contribution in [1.29, 1.82) is 0 Å². The summed E-state index contributed by atoms with van der Waals surface area (Å²) in [6.45, 7) is 0. The number of carbonyl (C=O) groups excluding carboxylic acids is 1. The van der Waals surface area contributed by atoms with Crippen LogP contribution in [-0.4, -0.2) is 15.8 Å². The number of oxazole rings is 1. The maximum absolute atomic E-state index is 12.1. The molecule has 0 radical (unpaired) electrons. The van der Waals surface area contributed by atoms with Gasteiger partial charge in [0.05, 0.1) is 6.20 Å². The quantitative estimate of drug-likeness (QED) is 0.646. The molecular weight excluding hydrogens is 276 g/mol. The van der Waals surface area contributed by atoms with Crippen molar-refractivity contribution < 1.29 is 9.21 Å². The van der Waals surface area contributed by atoms with E-state index in [1.165, 1.54) is 5.56 Å². The first-order chi connectivity index (χ1) is 10.8. The first-order valence-electron chi connectivity index (χ1n) is 7.27. The van der Waals surface area contributed by atoms with Crippen LogP contribution in [0, 0.1) is 0 Å². The van der Waals surface area contributed by atoms with Crippen LogP contribution in [0.1, 0.15) is 29.1 Å². The number of Topliss-reactive ketones (excluding diaryl/α,β-unsaturated/α-hetero) is 1. The Bertz CT molecular complexity index is 736. The summed E-state index contributed by atoms with van der Waals surface area (Å²) in [5.74, 6) is 0.610. The van der Waals surface area contributed by atoms with Crippen molar-refractivity contribution in [3.63, 3.8) is 0 Å². The van der Waals surface area contributed by atoms with Crippen LogP contribution in [0.4, 0.5) is 0 Å². The summed E-state index contributed by atoms with van der Waals surface area (Å²) >= 11 is 0. The minimum Gasteiger partial charge on any atom is -0.432 e. The molecule has 110 valence electrons. The average Bonchev–Trinajstić information content (AvgIpc) is 3.07. The van der Waals surface area contributed by atoms with Gasteiger partial charge in [-0.2, -0.15) is 0 Å². The van der Waals surface area contributed by atoms with E-state index < -0.39 is 0 Å². The van der Waals surface area contributed by atoms with Crippen LogP contribution in [0.5, 0.6) is 0 Å². The number of aryl methyl sites for hydroxylation is 1. The molecular formula is C18H16N2O2.